The fourth-order valence-corrected chi connectivity index (χ4v) is 1.66. The van der Waals surface area contributed by atoms with Gasteiger partial charge in [0.2, 0.25) is 0 Å². The molecule has 0 saturated carbocycles. The van der Waals surface area contributed by atoms with Crippen molar-refractivity contribution in [3.63, 3.8) is 0 Å². The number of ether oxygens (including phenoxy) is 2. The molecule has 0 N–H and O–H groups in total. The van der Waals surface area contributed by atoms with Crippen LogP contribution in [0.5, 0.6) is 0 Å². The van der Waals surface area contributed by atoms with Crippen LogP contribution in [0, 0.1) is 0 Å². The minimum Gasteiger partial charge on any atom is -0.466 e. The Morgan fingerprint density at radius 3 is 2.10 bits per heavy atom. The Balaban J connectivity index is 3.51. The molecular formula is C16H28O5. The molecule has 0 heterocycles. The summed E-state index contributed by atoms with van der Waals surface area (Å²) in [6.07, 6.45) is 5.34. The van der Waals surface area contributed by atoms with Crippen molar-refractivity contribution in [3.05, 3.63) is 0 Å². The summed E-state index contributed by atoms with van der Waals surface area (Å²) in [5.41, 5.74) is 0. The summed E-state index contributed by atoms with van der Waals surface area (Å²) in [6.45, 7) is 5.55. The van der Waals surface area contributed by atoms with Gasteiger partial charge in [-0.2, -0.15) is 0 Å². The van der Waals surface area contributed by atoms with Crippen LogP contribution in [0.1, 0.15) is 72.1 Å². The van der Waals surface area contributed by atoms with Gasteiger partial charge in [-0.1, -0.05) is 26.2 Å². The molecule has 0 aliphatic rings. The van der Waals surface area contributed by atoms with E-state index in [1.807, 2.05) is 0 Å². The maximum Gasteiger partial charge on any atom is 0.306 e. The number of hydrogen-bond acceptors (Lipinski definition) is 5. The number of Topliss-reactive ketones (excluding diaryl/α,β-unsaturated/α-hetero) is 1. The topological polar surface area (TPSA) is 69.7 Å². The molecule has 0 rings (SSSR count). The molecule has 0 amide bonds. The molecule has 0 spiro atoms. The second kappa shape index (κ2) is 12.4. The van der Waals surface area contributed by atoms with E-state index in [1.165, 1.54) is 13.3 Å². The van der Waals surface area contributed by atoms with Crippen molar-refractivity contribution in [2.24, 2.45) is 0 Å². The van der Waals surface area contributed by atoms with E-state index in [0.29, 0.717) is 25.9 Å². The van der Waals surface area contributed by atoms with Gasteiger partial charge in [0.1, 0.15) is 0 Å². The number of unbranched alkanes of at least 4 members (excludes halogenated alkanes) is 4. The van der Waals surface area contributed by atoms with Crippen LogP contribution in [0.4, 0.5) is 0 Å². The smallest absolute Gasteiger partial charge is 0.306 e. The third-order valence-corrected chi connectivity index (χ3v) is 3.15. The summed E-state index contributed by atoms with van der Waals surface area (Å²) < 4.78 is 10.0. The predicted molar refractivity (Wildman–Crippen MR) is 79.8 cm³/mol. The number of esters is 2. The molecule has 0 bridgehead atoms. The van der Waals surface area contributed by atoms with Crippen LogP contribution in [-0.2, 0) is 23.9 Å². The molecule has 0 aromatic heterocycles. The first-order chi connectivity index (χ1) is 9.97. The lowest BCUT2D eigenvalue weighted by atomic mass is 10.2. The average Bonchev–Trinajstić information content (AvgIpc) is 2.43. The van der Waals surface area contributed by atoms with Gasteiger partial charge < -0.3 is 9.47 Å². The summed E-state index contributed by atoms with van der Waals surface area (Å²) in [7, 11) is 0. The van der Waals surface area contributed by atoms with Crippen LogP contribution < -0.4 is 0 Å². The van der Waals surface area contributed by atoms with Crippen LogP contribution in [-0.4, -0.2) is 30.4 Å². The predicted octanol–water partition coefficient (Wildman–Crippen LogP) is 3.19. The quantitative estimate of drug-likeness (QED) is 0.409. The molecule has 0 aromatic carbocycles. The van der Waals surface area contributed by atoms with Crippen molar-refractivity contribution in [1.29, 1.82) is 0 Å². The average molecular weight is 300 g/mol. The molecule has 5 nitrogen and oxygen atoms in total. The third-order valence-electron chi connectivity index (χ3n) is 3.15. The SMILES string of the molecule is CCCCCCOC(=O)CCCCC(=O)OC(C)C(C)=O. The van der Waals surface area contributed by atoms with Gasteiger partial charge >= 0.3 is 11.9 Å². The molecule has 122 valence electrons. The molecular weight excluding hydrogens is 272 g/mol. The van der Waals surface area contributed by atoms with Gasteiger partial charge in [0.15, 0.2) is 11.9 Å². The molecule has 1 unspecified atom stereocenters. The molecule has 0 aromatic rings. The van der Waals surface area contributed by atoms with Gasteiger partial charge in [0.25, 0.3) is 0 Å². The van der Waals surface area contributed by atoms with Gasteiger partial charge in [-0.05, 0) is 33.1 Å². The fourth-order valence-electron chi connectivity index (χ4n) is 1.66. The molecule has 0 aliphatic heterocycles. The zero-order chi connectivity index (χ0) is 16.1. The molecule has 1 atom stereocenters. The summed E-state index contributed by atoms with van der Waals surface area (Å²) in [6, 6.07) is 0. The van der Waals surface area contributed by atoms with Crippen molar-refractivity contribution in [3.8, 4) is 0 Å². The van der Waals surface area contributed by atoms with Crippen LogP contribution in [0.15, 0.2) is 0 Å². The lowest BCUT2D eigenvalue weighted by Crippen LogP contribution is -2.21. The Kier molecular flexibility index (Phi) is 11.5. The maximum atomic E-state index is 11.4. The molecule has 5 heteroatoms. The van der Waals surface area contributed by atoms with E-state index in [1.54, 1.807) is 6.92 Å². The highest BCUT2D eigenvalue weighted by Gasteiger charge is 2.13. The number of hydrogen-bond donors (Lipinski definition) is 0. The van der Waals surface area contributed by atoms with Crippen molar-refractivity contribution in [1.82, 2.24) is 0 Å². The standard InChI is InChI=1S/C16H28O5/c1-4-5-6-9-12-20-15(18)10-7-8-11-16(19)21-14(3)13(2)17/h14H,4-12H2,1-3H3. The molecule has 21 heavy (non-hydrogen) atoms. The van der Waals surface area contributed by atoms with Crippen LogP contribution in [0.2, 0.25) is 0 Å². The van der Waals surface area contributed by atoms with E-state index in [9.17, 15) is 14.4 Å². The molecule has 0 aliphatic carbocycles. The van der Waals surface area contributed by atoms with Crippen LogP contribution in [0.25, 0.3) is 0 Å². The normalized spacial score (nSPS) is 11.8. The number of carbonyl (C=O) groups excluding carboxylic acids is 3. The number of carbonyl (C=O) groups is 3. The van der Waals surface area contributed by atoms with E-state index in [4.69, 9.17) is 9.47 Å². The monoisotopic (exact) mass is 300 g/mol. The Morgan fingerprint density at radius 2 is 1.52 bits per heavy atom. The summed E-state index contributed by atoms with van der Waals surface area (Å²) in [5.74, 6) is -0.780. The summed E-state index contributed by atoms with van der Waals surface area (Å²) >= 11 is 0. The Hall–Kier alpha value is -1.39. The molecule has 0 fully saturated rings. The first-order valence-electron chi connectivity index (χ1n) is 7.83. The highest BCUT2D eigenvalue weighted by Crippen LogP contribution is 2.06. The highest BCUT2D eigenvalue weighted by atomic mass is 16.5. The summed E-state index contributed by atoms with van der Waals surface area (Å²) in [4.78, 5) is 33.7. The van der Waals surface area contributed by atoms with Gasteiger partial charge in [0.05, 0.1) is 6.61 Å². The Bertz CT molecular complexity index is 325. The third kappa shape index (κ3) is 12.1. The lowest BCUT2D eigenvalue weighted by Gasteiger charge is -2.09. The van der Waals surface area contributed by atoms with Crippen molar-refractivity contribution >= 4 is 17.7 Å². The van der Waals surface area contributed by atoms with E-state index >= 15 is 0 Å². The first kappa shape index (κ1) is 19.6. The largest absolute Gasteiger partial charge is 0.466 e. The molecule has 0 saturated heterocycles. The van der Waals surface area contributed by atoms with E-state index < -0.39 is 12.1 Å². The van der Waals surface area contributed by atoms with Crippen LogP contribution in [0.3, 0.4) is 0 Å². The Morgan fingerprint density at radius 1 is 0.905 bits per heavy atom. The highest BCUT2D eigenvalue weighted by molar-refractivity contribution is 5.83. The van der Waals surface area contributed by atoms with Crippen molar-refractivity contribution in [2.45, 2.75) is 78.2 Å². The van der Waals surface area contributed by atoms with Gasteiger partial charge in [-0.15, -0.1) is 0 Å². The first-order valence-corrected chi connectivity index (χ1v) is 7.83. The molecule has 0 radical (unpaired) electrons. The minimum absolute atomic E-state index is 0.171. The second-order valence-corrected chi connectivity index (χ2v) is 5.23. The second-order valence-electron chi connectivity index (χ2n) is 5.23. The number of rotatable bonds is 12. The lowest BCUT2D eigenvalue weighted by molar-refractivity contribution is -0.153. The Labute approximate surface area is 127 Å². The van der Waals surface area contributed by atoms with Gasteiger partial charge in [0, 0.05) is 12.8 Å². The van der Waals surface area contributed by atoms with E-state index in [0.717, 1.165) is 19.3 Å². The number of ketones is 1. The van der Waals surface area contributed by atoms with Gasteiger partial charge in [-0.3, -0.25) is 14.4 Å². The fraction of sp³-hybridized carbons (Fsp3) is 0.812. The maximum absolute atomic E-state index is 11.4. The van der Waals surface area contributed by atoms with E-state index in [-0.39, 0.29) is 18.2 Å². The van der Waals surface area contributed by atoms with E-state index in [2.05, 4.69) is 6.92 Å². The van der Waals surface area contributed by atoms with Crippen molar-refractivity contribution in [2.75, 3.05) is 6.61 Å². The van der Waals surface area contributed by atoms with Gasteiger partial charge in [-0.25, -0.2) is 0 Å². The zero-order valence-electron chi connectivity index (χ0n) is 13.5. The minimum atomic E-state index is -0.689. The zero-order valence-corrected chi connectivity index (χ0v) is 13.5. The summed E-state index contributed by atoms with van der Waals surface area (Å²) in [5, 5.41) is 0. The van der Waals surface area contributed by atoms with Crippen LogP contribution >= 0.6 is 0 Å². The van der Waals surface area contributed by atoms with Crippen molar-refractivity contribution < 1.29 is 23.9 Å².